The number of nitrogens with zero attached hydrogens (tertiary/aromatic N) is 1. The summed E-state index contributed by atoms with van der Waals surface area (Å²) in [7, 11) is 1.50. The number of pyridine rings is 1. The number of alkyl carbamates (subject to hydrolysis) is 1. The van der Waals surface area contributed by atoms with Gasteiger partial charge >= 0.3 is 6.09 Å². The zero-order chi connectivity index (χ0) is 16.9. The minimum atomic E-state index is -1.18. The fourth-order valence-electron chi connectivity index (χ4n) is 1.78. The highest BCUT2D eigenvalue weighted by Gasteiger charge is 2.23. The van der Waals surface area contributed by atoms with Gasteiger partial charge in [-0.15, -0.1) is 0 Å². The molecule has 0 bridgehead atoms. The summed E-state index contributed by atoms with van der Waals surface area (Å²) in [6, 6.07) is 1.66. The van der Waals surface area contributed by atoms with E-state index in [0.717, 1.165) is 5.56 Å². The zero-order valence-corrected chi connectivity index (χ0v) is 13.6. The molecule has 0 aliphatic heterocycles. The first kappa shape index (κ1) is 18.2. The lowest BCUT2D eigenvalue weighted by molar-refractivity contribution is 0.0124. The number of methoxy groups -OCH3 is 1. The number of carbonyl (C=O) groups is 1. The summed E-state index contributed by atoms with van der Waals surface area (Å²) in [5.74, 6) is 0.426. The molecule has 0 fully saturated rings. The number of aliphatic hydroxyl groups is 2. The summed E-state index contributed by atoms with van der Waals surface area (Å²) in [4.78, 5) is 15.5. The van der Waals surface area contributed by atoms with Crippen molar-refractivity contribution in [2.24, 2.45) is 0 Å². The number of aromatic nitrogens is 1. The maximum absolute atomic E-state index is 11.5. The van der Waals surface area contributed by atoms with E-state index >= 15 is 0 Å². The molecule has 0 aromatic carbocycles. The third-order valence-corrected chi connectivity index (χ3v) is 2.87. The van der Waals surface area contributed by atoms with Crippen LogP contribution in [0.4, 0.5) is 4.79 Å². The fourth-order valence-corrected chi connectivity index (χ4v) is 1.78. The first-order chi connectivity index (χ1) is 10.1. The zero-order valence-electron chi connectivity index (χ0n) is 13.6. The number of nitrogens with one attached hydrogen (secondary N) is 1. The lowest BCUT2D eigenvalue weighted by atomic mass is 10.0. The quantitative estimate of drug-likeness (QED) is 0.758. The Morgan fingerprint density at radius 1 is 1.41 bits per heavy atom. The van der Waals surface area contributed by atoms with Gasteiger partial charge in [-0.1, -0.05) is 0 Å². The number of aliphatic hydroxyl groups excluding tert-OH is 2. The Labute approximate surface area is 130 Å². The summed E-state index contributed by atoms with van der Waals surface area (Å²) >= 11 is 0. The molecule has 1 heterocycles. The smallest absolute Gasteiger partial charge is 0.407 e. The van der Waals surface area contributed by atoms with Gasteiger partial charge in [-0.3, -0.25) is 0 Å². The number of carbonyl (C=O) groups excluding carboxylic acids is 1. The van der Waals surface area contributed by atoms with Crippen LogP contribution in [0.15, 0.2) is 12.3 Å². The van der Waals surface area contributed by atoms with Crippen LogP contribution in [0.5, 0.6) is 5.88 Å². The van der Waals surface area contributed by atoms with Crippen molar-refractivity contribution >= 4 is 6.09 Å². The lowest BCUT2D eigenvalue weighted by Gasteiger charge is -2.22. The SMILES string of the molecule is COc1cc(C)c(C(O)C(O)CNC(=O)OC(C)(C)C)cn1. The molecule has 7 nitrogen and oxygen atoms in total. The molecule has 1 rings (SSSR count). The van der Waals surface area contributed by atoms with Crippen molar-refractivity contribution in [2.45, 2.75) is 45.5 Å². The van der Waals surface area contributed by atoms with E-state index in [1.807, 2.05) is 0 Å². The summed E-state index contributed by atoms with van der Waals surface area (Å²) in [6.07, 6.45) is -1.56. The van der Waals surface area contributed by atoms with Gasteiger partial charge in [0.15, 0.2) is 0 Å². The number of ether oxygens (including phenoxy) is 2. The van der Waals surface area contributed by atoms with Crippen LogP contribution in [0.2, 0.25) is 0 Å². The van der Waals surface area contributed by atoms with E-state index < -0.39 is 23.9 Å². The molecule has 0 spiro atoms. The third-order valence-electron chi connectivity index (χ3n) is 2.87. The monoisotopic (exact) mass is 312 g/mol. The van der Waals surface area contributed by atoms with E-state index in [2.05, 4.69) is 10.3 Å². The number of amides is 1. The van der Waals surface area contributed by atoms with E-state index in [9.17, 15) is 15.0 Å². The normalized spacial score (nSPS) is 14.1. The van der Waals surface area contributed by atoms with Gasteiger partial charge in [-0.05, 0) is 33.3 Å². The van der Waals surface area contributed by atoms with E-state index in [0.29, 0.717) is 11.4 Å². The second-order valence-corrected chi connectivity index (χ2v) is 5.98. The molecule has 0 radical (unpaired) electrons. The van der Waals surface area contributed by atoms with Crippen LogP contribution in [-0.2, 0) is 4.74 Å². The van der Waals surface area contributed by atoms with Gasteiger partial charge < -0.3 is 25.0 Å². The van der Waals surface area contributed by atoms with Crippen molar-refractivity contribution in [3.63, 3.8) is 0 Å². The molecule has 0 aliphatic carbocycles. The Morgan fingerprint density at radius 3 is 2.55 bits per heavy atom. The second kappa shape index (κ2) is 7.42. The van der Waals surface area contributed by atoms with Gasteiger partial charge in [0.1, 0.15) is 17.8 Å². The number of rotatable bonds is 5. The van der Waals surface area contributed by atoms with Crippen molar-refractivity contribution in [2.75, 3.05) is 13.7 Å². The maximum Gasteiger partial charge on any atom is 0.407 e. The topological polar surface area (TPSA) is 101 Å². The predicted octanol–water partition coefficient (Wildman–Crippen LogP) is 1.32. The molecular formula is C15H24N2O5. The molecule has 1 aromatic heterocycles. The molecule has 1 amide bonds. The number of hydrogen-bond donors (Lipinski definition) is 3. The van der Waals surface area contributed by atoms with E-state index in [-0.39, 0.29) is 6.54 Å². The highest BCUT2D eigenvalue weighted by molar-refractivity contribution is 5.67. The van der Waals surface area contributed by atoms with Crippen molar-refractivity contribution in [1.82, 2.24) is 10.3 Å². The van der Waals surface area contributed by atoms with Crippen LogP contribution in [0.1, 0.15) is 38.0 Å². The summed E-state index contributed by atoms with van der Waals surface area (Å²) < 4.78 is 10.0. The molecule has 22 heavy (non-hydrogen) atoms. The molecule has 0 aliphatic rings. The van der Waals surface area contributed by atoms with Crippen LogP contribution >= 0.6 is 0 Å². The largest absolute Gasteiger partial charge is 0.481 e. The molecule has 2 atom stereocenters. The van der Waals surface area contributed by atoms with E-state index in [4.69, 9.17) is 9.47 Å². The summed E-state index contributed by atoms with van der Waals surface area (Å²) in [6.45, 7) is 6.86. The molecular weight excluding hydrogens is 288 g/mol. The Morgan fingerprint density at radius 2 is 2.05 bits per heavy atom. The van der Waals surface area contributed by atoms with Gasteiger partial charge in [0.25, 0.3) is 0 Å². The van der Waals surface area contributed by atoms with Crippen LogP contribution in [-0.4, -0.2) is 46.6 Å². The standard InChI is InChI=1S/C15H24N2O5/c1-9-6-12(21-5)16-7-10(9)13(19)11(18)8-17-14(20)22-15(2,3)4/h6-7,11,13,18-19H,8H2,1-5H3,(H,17,20). The van der Waals surface area contributed by atoms with Gasteiger partial charge in [-0.2, -0.15) is 0 Å². The second-order valence-electron chi connectivity index (χ2n) is 5.98. The maximum atomic E-state index is 11.5. The summed E-state index contributed by atoms with van der Waals surface area (Å²) in [5.41, 5.74) is 0.583. The fraction of sp³-hybridized carbons (Fsp3) is 0.600. The molecule has 0 saturated carbocycles. The van der Waals surface area contributed by atoms with E-state index in [1.165, 1.54) is 13.3 Å². The minimum absolute atomic E-state index is 0.137. The molecule has 2 unspecified atom stereocenters. The van der Waals surface area contributed by atoms with Crippen LogP contribution in [0.25, 0.3) is 0 Å². The Bertz CT molecular complexity index is 513. The first-order valence-electron chi connectivity index (χ1n) is 6.97. The van der Waals surface area contributed by atoms with Gasteiger partial charge in [0.05, 0.1) is 7.11 Å². The third kappa shape index (κ3) is 5.50. The molecule has 124 valence electrons. The minimum Gasteiger partial charge on any atom is -0.481 e. The van der Waals surface area contributed by atoms with Crippen molar-refractivity contribution < 1.29 is 24.5 Å². The summed E-state index contributed by atoms with van der Waals surface area (Å²) in [5, 5.41) is 22.6. The van der Waals surface area contributed by atoms with E-state index in [1.54, 1.807) is 33.8 Å². The Hall–Kier alpha value is -1.86. The average Bonchev–Trinajstić information content (AvgIpc) is 2.42. The lowest BCUT2D eigenvalue weighted by Crippen LogP contribution is -2.39. The van der Waals surface area contributed by atoms with Crippen LogP contribution in [0.3, 0.4) is 0 Å². The molecule has 3 N–H and O–H groups in total. The van der Waals surface area contributed by atoms with Crippen LogP contribution < -0.4 is 10.1 Å². The Kier molecular flexibility index (Phi) is 6.13. The van der Waals surface area contributed by atoms with Crippen molar-refractivity contribution in [1.29, 1.82) is 0 Å². The van der Waals surface area contributed by atoms with Gasteiger partial charge in [-0.25, -0.2) is 9.78 Å². The molecule has 1 aromatic rings. The van der Waals surface area contributed by atoms with Crippen molar-refractivity contribution in [3.8, 4) is 5.88 Å². The number of hydrogen-bond acceptors (Lipinski definition) is 6. The first-order valence-corrected chi connectivity index (χ1v) is 6.97. The average molecular weight is 312 g/mol. The number of aryl methyl sites for hydroxylation is 1. The highest BCUT2D eigenvalue weighted by Crippen LogP contribution is 2.22. The molecule has 0 saturated heterocycles. The van der Waals surface area contributed by atoms with Gasteiger partial charge in [0, 0.05) is 24.4 Å². The van der Waals surface area contributed by atoms with Crippen molar-refractivity contribution in [3.05, 3.63) is 23.4 Å². The van der Waals surface area contributed by atoms with Crippen LogP contribution in [0, 0.1) is 6.92 Å². The van der Waals surface area contributed by atoms with Gasteiger partial charge in [0.2, 0.25) is 5.88 Å². The Balaban J connectivity index is 2.62. The predicted molar refractivity (Wildman–Crippen MR) is 80.7 cm³/mol. The molecule has 7 heteroatoms. The highest BCUT2D eigenvalue weighted by atomic mass is 16.6.